The first-order valence-electron chi connectivity index (χ1n) is 6.49. The molecule has 0 heterocycles. The van der Waals surface area contributed by atoms with Crippen molar-refractivity contribution < 1.29 is 4.74 Å². The lowest BCUT2D eigenvalue weighted by Crippen LogP contribution is -2.41. The van der Waals surface area contributed by atoms with Crippen LogP contribution in [-0.4, -0.2) is 44.3 Å². The average Bonchev–Trinajstić information content (AvgIpc) is 2.46. The van der Waals surface area contributed by atoms with Gasteiger partial charge in [0.25, 0.3) is 0 Å². The minimum atomic E-state index is 0.325. The van der Waals surface area contributed by atoms with Gasteiger partial charge in [-0.2, -0.15) is 0 Å². The minimum absolute atomic E-state index is 0.325. The molecule has 0 aromatic rings. The van der Waals surface area contributed by atoms with Crippen molar-refractivity contribution in [3.05, 3.63) is 0 Å². The molecule has 2 unspecified atom stereocenters. The Morgan fingerprint density at radius 1 is 1.44 bits per heavy atom. The van der Waals surface area contributed by atoms with Gasteiger partial charge in [-0.25, -0.2) is 0 Å². The summed E-state index contributed by atoms with van der Waals surface area (Å²) in [6.07, 6.45) is 2.53. The summed E-state index contributed by atoms with van der Waals surface area (Å²) in [5.41, 5.74) is 6.63. The lowest BCUT2D eigenvalue weighted by Gasteiger charge is -2.29. The maximum absolute atomic E-state index is 6.30. The van der Waals surface area contributed by atoms with Gasteiger partial charge in [0.15, 0.2) is 0 Å². The number of rotatable bonds is 6. The highest BCUT2D eigenvalue weighted by atomic mass is 16.5. The molecule has 0 spiro atoms. The van der Waals surface area contributed by atoms with Gasteiger partial charge in [-0.3, -0.25) is 0 Å². The van der Waals surface area contributed by atoms with Crippen LogP contribution >= 0.6 is 0 Å². The molecular weight excluding hydrogens is 200 g/mol. The first kappa shape index (κ1) is 13.9. The zero-order valence-electron chi connectivity index (χ0n) is 11.3. The van der Waals surface area contributed by atoms with Crippen LogP contribution in [0.25, 0.3) is 0 Å². The first-order valence-corrected chi connectivity index (χ1v) is 6.49. The summed E-state index contributed by atoms with van der Waals surface area (Å²) in [6, 6.07) is 0.349. The van der Waals surface area contributed by atoms with Crippen molar-refractivity contribution in [1.29, 1.82) is 0 Å². The highest BCUT2D eigenvalue weighted by molar-refractivity contribution is 4.94. The van der Waals surface area contributed by atoms with Crippen LogP contribution in [0.4, 0.5) is 0 Å². The van der Waals surface area contributed by atoms with Crippen LogP contribution in [0.2, 0.25) is 0 Å². The standard InChI is InChI=1S/C13H28N2O/c1-5-16-9-8-15(4)10-11-6-7-13(2,3)12(11)14/h11-12H,5-10,14H2,1-4H3. The summed E-state index contributed by atoms with van der Waals surface area (Å²) in [5, 5.41) is 0. The van der Waals surface area contributed by atoms with Crippen LogP contribution in [0.3, 0.4) is 0 Å². The number of nitrogens with two attached hydrogens (primary N) is 1. The largest absolute Gasteiger partial charge is 0.380 e. The van der Waals surface area contributed by atoms with Crippen LogP contribution in [-0.2, 0) is 4.74 Å². The molecule has 1 aliphatic rings. The monoisotopic (exact) mass is 228 g/mol. The van der Waals surface area contributed by atoms with Crippen molar-refractivity contribution in [1.82, 2.24) is 4.90 Å². The molecule has 2 atom stereocenters. The minimum Gasteiger partial charge on any atom is -0.380 e. The Morgan fingerprint density at radius 2 is 2.12 bits per heavy atom. The second-order valence-electron chi connectivity index (χ2n) is 5.77. The summed E-state index contributed by atoms with van der Waals surface area (Å²) in [5.74, 6) is 0.654. The van der Waals surface area contributed by atoms with E-state index in [-0.39, 0.29) is 0 Å². The van der Waals surface area contributed by atoms with E-state index >= 15 is 0 Å². The average molecular weight is 228 g/mol. The number of likely N-dealkylation sites (N-methyl/N-ethyl adjacent to an activating group) is 1. The van der Waals surface area contributed by atoms with Crippen molar-refractivity contribution in [2.24, 2.45) is 17.1 Å². The van der Waals surface area contributed by atoms with E-state index in [4.69, 9.17) is 10.5 Å². The van der Waals surface area contributed by atoms with Gasteiger partial charge in [0.05, 0.1) is 6.61 Å². The third kappa shape index (κ3) is 3.72. The van der Waals surface area contributed by atoms with E-state index in [1.54, 1.807) is 0 Å². The van der Waals surface area contributed by atoms with Gasteiger partial charge < -0.3 is 15.4 Å². The second-order valence-corrected chi connectivity index (χ2v) is 5.77. The van der Waals surface area contributed by atoms with Crippen LogP contribution in [0.1, 0.15) is 33.6 Å². The number of hydrogen-bond acceptors (Lipinski definition) is 3. The van der Waals surface area contributed by atoms with Crippen molar-refractivity contribution in [3.8, 4) is 0 Å². The molecular formula is C13H28N2O. The van der Waals surface area contributed by atoms with Gasteiger partial charge in [0.2, 0.25) is 0 Å². The molecule has 16 heavy (non-hydrogen) atoms. The number of ether oxygens (including phenoxy) is 1. The Morgan fingerprint density at radius 3 is 2.62 bits per heavy atom. The Balaban J connectivity index is 2.27. The molecule has 0 radical (unpaired) electrons. The fraction of sp³-hybridized carbons (Fsp3) is 1.00. The summed E-state index contributed by atoms with van der Waals surface area (Å²) in [7, 11) is 2.16. The van der Waals surface area contributed by atoms with Crippen molar-refractivity contribution in [3.63, 3.8) is 0 Å². The zero-order valence-corrected chi connectivity index (χ0v) is 11.3. The van der Waals surface area contributed by atoms with E-state index in [1.165, 1.54) is 12.8 Å². The van der Waals surface area contributed by atoms with E-state index in [1.807, 2.05) is 6.92 Å². The normalized spacial score (nSPS) is 28.9. The summed E-state index contributed by atoms with van der Waals surface area (Å²) in [6.45, 7) is 10.4. The highest BCUT2D eigenvalue weighted by Gasteiger charge is 2.39. The van der Waals surface area contributed by atoms with E-state index in [2.05, 4.69) is 25.8 Å². The quantitative estimate of drug-likeness (QED) is 0.704. The third-order valence-electron chi connectivity index (χ3n) is 3.94. The maximum atomic E-state index is 6.30. The van der Waals surface area contributed by atoms with Gasteiger partial charge >= 0.3 is 0 Å². The van der Waals surface area contributed by atoms with Gasteiger partial charge in [0.1, 0.15) is 0 Å². The van der Waals surface area contributed by atoms with Crippen molar-refractivity contribution in [2.75, 3.05) is 33.4 Å². The van der Waals surface area contributed by atoms with Gasteiger partial charge in [0, 0.05) is 25.7 Å². The smallest absolute Gasteiger partial charge is 0.0593 e. The highest BCUT2D eigenvalue weighted by Crippen LogP contribution is 2.40. The van der Waals surface area contributed by atoms with Crippen molar-refractivity contribution in [2.45, 2.75) is 39.7 Å². The van der Waals surface area contributed by atoms with Crippen LogP contribution in [0.15, 0.2) is 0 Å². The molecule has 1 aliphatic carbocycles. The molecule has 0 aromatic carbocycles. The fourth-order valence-electron chi connectivity index (χ4n) is 2.60. The Bertz CT molecular complexity index is 206. The Labute approximate surface area is 100 Å². The molecule has 0 amide bonds. The van der Waals surface area contributed by atoms with E-state index in [9.17, 15) is 0 Å². The summed E-state index contributed by atoms with van der Waals surface area (Å²) < 4.78 is 5.36. The molecule has 2 N–H and O–H groups in total. The fourth-order valence-corrected chi connectivity index (χ4v) is 2.60. The molecule has 1 saturated carbocycles. The van der Waals surface area contributed by atoms with Gasteiger partial charge in [-0.1, -0.05) is 13.8 Å². The summed E-state index contributed by atoms with van der Waals surface area (Å²) >= 11 is 0. The zero-order chi connectivity index (χ0) is 12.2. The predicted molar refractivity (Wildman–Crippen MR) is 68.5 cm³/mol. The SMILES string of the molecule is CCOCCN(C)CC1CCC(C)(C)C1N. The lowest BCUT2D eigenvalue weighted by atomic mass is 9.85. The van der Waals surface area contributed by atoms with Crippen LogP contribution < -0.4 is 5.73 Å². The van der Waals surface area contributed by atoms with Gasteiger partial charge in [-0.15, -0.1) is 0 Å². The topological polar surface area (TPSA) is 38.5 Å². The maximum Gasteiger partial charge on any atom is 0.0593 e. The Kier molecular flexibility index (Phi) is 5.22. The van der Waals surface area contributed by atoms with Crippen LogP contribution in [0, 0.1) is 11.3 Å². The molecule has 96 valence electrons. The summed E-state index contributed by atoms with van der Waals surface area (Å²) in [4.78, 5) is 2.35. The lowest BCUT2D eigenvalue weighted by molar-refractivity contribution is 0.114. The second kappa shape index (κ2) is 5.99. The molecule has 3 nitrogen and oxygen atoms in total. The molecule has 1 rings (SSSR count). The number of nitrogens with zero attached hydrogens (tertiary/aromatic N) is 1. The van der Waals surface area contributed by atoms with Crippen LogP contribution in [0.5, 0.6) is 0 Å². The molecule has 1 fully saturated rings. The first-order chi connectivity index (χ1) is 7.47. The molecule has 0 aromatic heterocycles. The predicted octanol–water partition coefficient (Wildman–Crippen LogP) is 1.72. The molecule has 0 aliphatic heterocycles. The number of hydrogen-bond donors (Lipinski definition) is 1. The molecule has 3 heteroatoms. The van der Waals surface area contributed by atoms with E-state index in [0.29, 0.717) is 17.4 Å². The molecule has 0 bridgehead atoms. The molecule has 0 saturated heterocycles. The van der Waals surface area contributed by atoms with Crippen molar-refractivity contribution >= 4 is 0 Å². The van der Waals surface area contributed by atoms with Gasteiger partial charge in [-0.05, 0) is 38.1 Å². The van der Waals surface area contributed by atoms with E-state index in [0.717, 1.165) is 26.3 Å². The third-order valence-corrected chi connectivity index (χ3v) is 3.94. The Hall–Kier alpha value is -0.120. The van der Waals surface area contributed by atoms with E-state index < -0.39 is 0 Å².